The zero-order chi connectivity index (χ0) is 11.5. The first-order valence-electron chi connectivity index (χ1n) is 4.59. The summed E-state index contributed by atoms with van der Waals surface area (Å²) >= 11 is 0.898. The van der Waals surface area contributed by atoms with Gasteiger partial charge in [0, 0.05) is 0 Å². The standard InChI is InChI=1S/C8H18O6S/c9-1-3-13-5-7(11)15-8(12)6-14-4-2-10/h7-12H,1-6H2. The van der Waals surface area contributed by atoms with Gasteiger partial charge in [-0.25, -0.2) is 0 Å². The fourth-order valence-corrected chi connectivity index (χ4v) is 1.47. The van der Waals surface area contributed by atoms with E-state index in [-0.39, 0.29) is 39.6 Å². The van der Waals surface area contributed by atoms with Crippen LogP contribution in [0.25, 0.3) is 0 Å². The molecular weight excluding hydrogens is 224 g/mol. The Labute approximate surface area is 92.8 Å². The predicted octanol–water partition coefficient (Wildman–Crippen LogP) is -1.63. The van der Waals surface area contributed by atoms with E-state index < -0.39 is 10.9 Å². The topological polar surface area (TPSA) is 99.4 Å². The molecule has 2 atom stereocenters. The lowest BCUT2D eigenvalue weighted by molar-refractivity contribution is 0.0435. The summed E-state index contributed by atoms with van der Waals surface area (Å²) in [6.45, 7) is 0.215. The Hall–Kier alpha value is 0.110. The van der Waals surface area contributed by atoms with Crippen molar-refractivity contribution < 1.29 is 29.9 Å². The average molecular weight is 242 g/mol. The second kappa shape index (κ2) is 10.6. The Morgan fingerprint density at radius 1 is 0.867 bits per heavy atom. The molecule has 0 radical (unpaired) electrons. The number of hydrogen-bond donors (Lipinski definition) is 4. The highest BCUT2D eigenvalue weighted by Gasteiger charge is 2.12. The molecule has 0 saturated carbocycles. The smallest absolute Gasteiger partial charge is 0.125 e. The maximum atomic E-state index is 9.29. The van der Waals surface area contributed by atoms with Gasteiger partial charge in [0.1, 0.15) is 10.9 Å². The van der Waals surface area contributed by atoms with E-state index in [2.05, 4.69) is 0 Å². The number of aliphatic hydroxyl groups excluding tert-OH is 4. The van der Waals surface area contributed by atoms with Crippen LogP contribution in [0.2, 0.25) is 0 Å². The molecule has 0 bridgehead atoms. The second-order valence-electron chi connectivity index (χ2n) is 2.64. The lowest BCUT2D eigenvalue weighted by Gasteiger charge is -2.15. The zero-order valence-electron chi connectivity index (χ0n) is 8.41. The van der Waals surface area contributed by atoms with Crippen molar-refractivity contribution in [3.05, 3.63) is 0 Å². The van der Waals surface area contributed by atoms with Gasteiger partial charge in [0.05, 0.1) is 39.6 Å². The van der Waals surface area contributed by atoms with Crippen molar-refractivity contribution in [1.29, 1.82) is 0 Å². The third-order valence-corrected chi connectivity index (χ3v) is 2.21. The quantitative estimate of drug-likeness (QED) is 0.270. The summed E-state index contributed by atoms with van der Waals surface area (Å²) < 4.78 is 9.72. The van der Waals surface area contributed by atoms with E-state index in [1.54, 1.807) is 0 Å². The zero-order valence-corrected chi connectivity index (χ0v) is 9.23. The normalized spacial score (nSPS) is 15.2. The van der Waals surface area contributed by atoms with Crippen molar-refractivity contribution in [1.82, 2.24) is 0 Å². The minimum absolute atomic E-state index is 0.0439. The van der Waals surface area contributed by atoms with Gasteiger partial charge < -0.3 is 29.9 Å². The molecule has 92 valence electrons. The van der Waals surface area contributed by atoms with Gasteiger partial charge in [-0.3, -0.25) is 0 Å². The lowest BCUT2D eigenvalue weighted by atomic mass is 10.7. The van der Waals surface area contributed by atoms with Crippen LogP contribution >= 0.6 is 11.8 Å². The molecule has 0 aromatic carbocycles. The van der Waals surface area contributed by atoms with Gasteiger partial charge in [-0.1, -0.05) is 11.8 Å². The van der Waals surface area contributed by atoms with E-state index in [4.69, 9.17) is 19.7 Å². The molecule has 0 aliphatic carbocycles. The number of aliphatic hydroxyl groups is 4. The Balaban J connectivity index is 3.35. The van der Waals surface area contributed by atoms with Crippen LogP contribution in [0.1, 0.15) is 0 Å². The summed E-state index contributed by atoms with van der Waals surface area (Å²) in [7, 11) is 0. The van der Waals surface area contributed by atoms with Crippen molar-refractivity contribution >= 4 is 11.8 Å². The molecule has 7 heteroatoms. The van der Waals surface area contributed by atoms with Gasteiger partial charge in [0.15, 0.2) is 0 Å². The predicted molar refractivity (Wildman–Crippen MR) is 55.4 cm³/mol. The fourth-order valence-electron chi connectivity index (χ4n) is 0.757. The van der Waals surface area contributed by atoms with Crippen molar-refractivity contribution in [3.8, 4) is 0 Å². The molecule has 0 amide bonds. The van der Waals surface area contributed by atoms with Crippen LogP contribution < -0.4 is 0 Å². The summed E-state index contributed by atoms with van der Waals surface area (Å²) in [4.78, 5) is 0. The molecule has 6 nitrogen and oxygen atoms in total. The highest BCUT2D eigenvalue weighted by molar-refractivity contribution is 8.00. The molecule has 0 fully saturated rings. The first-order valence-corrected chi connectivity index (χ1v) is 5.53. The van der Waals surface area contributed by atoms with Gasteiger partial charge in [0.25, 0.3) is 0 Å². The number of ether oxygens (including phenoxy) is 2. The highest BCUT2D eigenvalue weighted by Crippen LogP contribution is 2.14. The number of thioether (sulfide) groups is 1. The van der Waals surface area contributed by atoms with Gasteiger partial charge in [-0.15, -0.1) is 0 Å². The Morgan fingerprint density at radius 2 is 1.27 bits per heavy atom. The molecular formula is C8H18O6S. The first kappa shape index (κ1) is 15.1. The Morgan fingerprint density at radius 3 is 1.60 bits per heavy atom. The van der Waals surface area contributed by atoms with E-state index in [0.29, 0.717) is 0 Å². The van der Waals surface area contributed by atoms with Crippen LogP contribution in [0.5, 0.6) is 0 Å². The second-order valence-corrected chi connectivity index (χ2v) is 4.00. The molecule has 0 aliphatic rings. The van der Waals surface area contributed by atoms with E-state index in [1.165, 1.54) is 0 Å². The van der Waals surface area contributed by atoms with Gasteiger partial charge in [-0.2, -0.15) is 0 Å². The maximum absolute atomic E-state index is 9.29. The van der Waals surface area contributed by atoms with Crippen molar-refractivity contribution in [3.63, 3.8) is 0 Å². The van der Waals surface area contributed by atoms with Crippen molar-refractivity contribution in [2.45, 2.75) is 10.9 Å². The lowest BCUT2D eigenvalue weighted by Crippen LogP contribution is -2.21. The van der Waals surface area contributed by atoms with E-state index in [0.717, 1.165) is 11.8 Å². The molecule has 0 aliphatic heterocycles. The maximum Gasteiger partial charge on any atom is 0.125 e. The van der Waals surface area contributed by atoms with Crippen LogP contribution in [0.15, 0.2) is 0 Å². The first-order chi connectivity index (χ1) is 7.20. The average Bonchev–Trinajstić information content (AvgIpc) is 2.18. The molecule has 2 unspecified atom stereocenters. The summed E-state index contributed by atoms with van der Waals surface area (Å²) in [5.41, 5.74) is -1.71. The molecule has 0 saturated heterocycles. The van der Waals surface area contributed by atoms with Crippen molar-refractivity contribution in [2.75, 3.05) is 39.6 Å². The van der Waals surface area contributed by atoms with E-state index in [1.807, 2.05) is 0 Å². The van der Waals surface area contributed by atoms with Crippen LogP contribution in [0, 0.1) is 0 Å². The van der Waals surface area contributed by atoms with Crippen LogP contribution in [-0.4, -0.2) is 70.9 Å². The molecule has 0 heterocycles. The molecule has 0 aromatic rings. The molecule has 15 heavy (non-hydrogen) atoms. The van der Waals surface area contributed by atoms with Gasteiger partial charge in [-0.05, 0) is 0 Å². The van der Waals surface area contributed by atoms with Crippen LogP contribution in [0.4, 0.5) is 0 Å². The molecule has 0 rings (SSSR count). The van der Waals surface area contributed by atoms with Gasteiger partial charge in [0.2, 0.25) is 0 Å². The number of rotatable bonds is 10. The Bertz CT molecular complexity index is 122. The molecule has 0 aromatic heterocycles. The van der Waals surface area contributed by atoms with E-state index >= 15 is 0 Å². The minimum Gasteiger partial charge on any atom is -0.394 e. The van der Waals surface area contributed by atoms with E-state index in [9.17, 15) is 10.2 Å². The largest absolute Gasteiger partial charge is 0.394 e. The summed E-state index contributed by atoms with van der Waals surface area (Å²) in [6, 6.07) is 0. The summed E-state index contributed by atoms with van der Waals surface area (Å²) in [6.07, 6.45) is 0. The fraction of sp³-hybridized carbons (Fsp3) is 1.00. The SMILES string of the molecule is OCCOCC(O)SC(O)COCCO. The third-order valence-electron chi connectivity index (χ3n) is 1.31. The van der Waals surface area contributed by atoms with Crippen LogP contribution in [0.3, 0.4) is 0 Å². The molecule has 0 spiro atoms. The minimum atomic E-state index is -0.857. The van der Waals surface area contributed by atoms with Gasteiger partial charge >= 0.3 is 0 Å². The Kier molecular flexibility index (Phi) is 10.7. The molecule has 4 N–H and O–H groups in total. The highest BCUT2D eigenvalue weighted by atomic mass is 32.2. The third kappa shape index (κ3) is 10.4. The summed E-state index contributed by atoms with van der Waals surface area (Å²) in [5.74, 6) is 0. The van der Waals surface area contributed by atoms with Crippen LogP contribution in [-0.2, 0) is 9.47 Å². The number of hydrogen-bond acceptors (Lipinski definition) is 7. The van der Waals surface area contributed by atoms with Crippen molar-refractivity contribution in [2.24, 2.45) is 0 Å². The monoisotopic (exact) mass is 242 g/mol. The summed E-state index contributed by atoms with van der Waals surface area (Å²) in [5, 5.41) is 35.4.